The molecular formula is C8H5ClFN3O. The SMILES string of the molecule is Nc1ncc(-c2cc(Cl)cnc2F)o1. The predicted octanol–water partition coefficient (Wildman–Crippen LogP) is 2.11. The topological polar surface area (TPSA) is 64.9 Å². The largest absolute Gasteiger partial charge is 0.424 e. The van der Waals surface area contributed by atoms with Crippen molar-refractivity contribution in [2.24, 2.45) is 0 Å². The van der Waals surface area contributed by atoms with E-state index in [0.717, 1.165) is 0 Å². The molecule has 2 heterocycles. The minimum Gasteiger partial charge on any atom is -0.424 e. The van der Waals surface area contributed by atoms with E-state index >= 15 is 0 Å². The number of hydrogen-bond acceptors (Lipinski definition) is 4. The first kappa shape index (κ1) is 8.96. The molecule has 2 N–H and O–H groups in total. The van der Waals surface area contributed by atoms with Gasteiger partial charge in [-0.25, -0.2) is 9.97 Å². The van der Waals surface area contributed by atoms with E-state index in [4.69, 9.17) is 21.8 Å². The fourth-order valence-corrected chi connectivity index (χ4v) is 1.17. The van der Waals surface area contributed by atoms with Gasteiger partial charge in [0.05, 0.1) is 16.8 Å². The fraction of sp³-hybridized carbons (Fsp3) is 0. The Labute approximate surface area is 83.5 Å². The Bertz CT molecular complexity index is 471. The molecule has 0 atom stereocenters. The van der Waals surface area contributed by atoms with Crippen LogP contribution in [0.2, 0.25) is 5.02 Å². The van der Waals surface area contributed by atoms with Crippen LogP contribution in [0, 0.1) is 5.95 Å². The van der Waals surface area contributed by atoms with Gasteiger partial charge in [0.25, 0.3) is 6.01 Å². The van der Waals surface area contributed by atoms with Crippen LogP contribution in [0.1, 0.15) is 0 Å². The number of nitrogens with zero attached hydrogens (tertiary/aromatic N) is 2. The van der Waals surface area contributed by atoms with E-state index in [1.165, 1.54) is 18.5 Å². The maximum Gasteiger partial charge on any atom is 0.292 e. The molecule has 0 unspecified atom stereocenters. The smallest absolute Gasteiger partial charge is 0.292 e. The average molecular weight is 214 g/mol. The van der Waals surface area contributed by atoms with E-state index in [2.05, 4.69) is 9.97 Å². The quantitative estimate of drug-likeness (QED) is 0.737. The minimum atomic E-state index is -0.675. The Morgan fingerprint density at radius 1 is 1.36 bits per heavy atom. The normalized spacial score (nSPS) is 10.4. The number of oxazole rings is 1. The lowest BCUT2D eigenvalue weighted by molar-refractivity contribution is 0.562. The summed E-state index contributed by atoms with van der Waals surface area (Å²) in [5.74, 6) is -0.472. The van der Waals surface area contributed by atoms with Crippen molar-refractivity contribution in [3.8, 4) is 11.3 Å². The summed E-state index contributed by atoms with van der Waals surface area (Å²) >= 11 is 5.65. The molecule has 0 aliphatic carbocycles. The van der Waals surface area contributed by atoms with E-state index in [9.17, 15) is 4.39 Å². The van der Waals surface area contributed by atoms with Crippen LogP contribution in [0.3, 0.4) is 0 Å². The van der Waals surface area contributed by atoms with Gasteiger partial charge in [0, 0.05) is 6.20 Å². The number of halogens is 2. The number of pyridine rings is 1. The summed E-state index contributed by atoms with van der Waals surface area (Å²) in [5, 5.41) is 0.316. The maximum atomic E-state index is 13.2. The molecule has 14 heavy (non-hydrogen) atoms. The van der Waals surface area contributed by atoms with E-state index < -0.39 is 5.95 Å². The summed E-state index contributed by atoms with van der Waals surface area (Å²) in [5.41, 5.74) is 5.39. The summed E-state index contributed by atoms with van der Waals surface area (Å²) in [7, 11) is 0. The first-order chi connectivity index (χ1) is 6.66. The number of nitrogen functional groups attached to an aromatic ring is 1. The van der Waals surface area contributed by atoms with Gasteiger partial charge in [0.1, 0.15) is 0 Å². The van der Waals surface area contributed by atoms with E-state index in [1.807, 2.05) is 0 Å². The van der Waals surface area contributed by atoms with Crippen LogP contribution < -0.4 is 5.73 Å². The number of anilines is 1. The highest BCUT2D eigenvalue weighted by Crippen LogP contribution is 2.25. The van der Waals surface area contributed by atoms with Crippen LogP contribution in [0.4, 0.5) is 10.4 Å². The van der Waals surface area contributed by atoms with Gasteiger partial charge >= 0.3 is 0 Å². The van der Waals surface area contributed by atoms with Crippen LogP contribution >= 0.6 is 11.6 Å². The number of hydrogen-bond donors (Lipinski definition) is 1. The Hall–Kier alpha value is -1.62. The Morgan fingerprint density at radius 3 is 2.79 bits per heavy atom. The highest BCUT2D eigenvalue weighted by atomic mass is 35.5. The maximum absolute atomic E-state index is 13.2. The molecule has 2 aromatic rings. The van der Waals surface area contributed by atoms with Gasteiger partial charge in [-0.05, 0) is 6.07 Å². The van der Waals surface area contributed by atoms with Crippen molar-refractivity contribution in [3.63, 3.8) is 0 Å². The van der Waals surface area contributed by atoms with Crippen LogP contribution in [0.15, 0.2) is 22.9 Å². The lowest BCUT2D eigenvalue weighted by atomic mass is 10.2. The zero-order valence-corrected chi connectivity index (χ0v) is 7.62. The molecule has 72 valence electrons. The van der Waals surface area contributed by atoms with Crippen molar-refractivity contribution in [1.82, 2.24) is 9.97 Å². The second-order valence-electron chi connectivity index (χ2n) is 2.55. The molecule has 0 aromatic carbocycles. The summed E-state index contributed by atoms with van der Waals surface area (Å²) < 4.78 is 18.1. The summed E-state index contributed by atoms with van der Waals surface area (Å²) in [6, 6.07) is 1.36. The van der Waals surface area contributed by atoms with Crippen LogP contribution in [-0.2, 0) is 0 Å². The molecule has 0 aliphatic heterocycles. The Morgan fingerprint density at radius 2 is 2.14 bits per heavy atom. The Kier molecular flexibility index (Phi) is 2.09. The molecule has 4 nitrogen and oxygen atoms in total. The van der Waals surface area contributed by atoms with E-state index in [0.29, 0.717) is 5.02 Å². The lowest BCUT2D eigenvalue weighted by Crippen LogP contribution is -1.87. The minimum absolute atomic E-state index is 0.0284. The summed E-state index contributed by atoms with van der Waals surface area (Å²) in [6.07, 6.45) is 2.52. The van der Waals surface area contributed by atoms with Crippen LogP contribution in [0.25, 0.3) is 11.3 Å². The van der Waals surface area contributed by atoms with Crippen molar-refractivity contribution >= 4 is 17.6 Å². The van der Waals surface area contributed by atoms with Crippen LogP contribution in [-0.4, -0.2) is 9.97 Å². The zero-order valence-electron chi connectivity index (χ0n) is 6.87. The summed E-state index contributed by atoms with van der Waals surface area (Å²) in [4.78, 5) is 7.07. The molecule has 0 saturated carbocycles. The molecule has 0 amide bonds. The number of nitrogens with two attached hydrogens (primary N) is 1. The number of aromatic nitrogens is 2. The summed E-state index contributed by atoms with van der Waals surface area (Å²) in [6.45, 7) is 0. The molecule has 0 fully saturated rings. The van der Waals surface area contributed by atoms with Crippen molar-refractivity contribution in [1.29, 1.82) is 0 Å². The van der Waals surface area contributed by atoms with Crippen molar-refractivity contribution in [2.45, 2.75) is 0 Å². The molecule has 0 aliphatic rings. The van der Waals surface area contributed by atoms with Crippen molar-refractivity contribution < 1.29 is 8.81 Å². The average Bonchev–Trinajstić information content (AvgIpc) is 2.56. The van der Waals surface area contributed by atoms with Crippen LogP contribution in [0.5, 0.6) is 0 Å². The van der Waals surface area contributed by atoms with Gasteiger partial charge in [-0.15, -0.1) is 0 Å². The van der Waals surface area contributed by atoms with Crippen molar-refractivity contribution in [3.05, 3.63) is 29.4 Å². The molecule has 0 bridgehead atoms. The fourth-order valence-electron chi connectivity index (χ4n) is 1.01. The van der Waals surface area contributed by atoms with E-state index in [1.54, 1.807) is 0 Å². The lowest BCUT2D eigenvalue weighted by Gasteiger charge is -1.97. The van der Waals surface area contributed by atoms with Crippen molar-refractivity contribution in [2.75, 3.05) is 5.73 Å². The second kappa shape index (κ2) is 3.26. The van der Waals surface area contributed by atoms with Gasteiger partial charge in [0.2, 0.25) is 5.95 Å². The number of rotatable bonds is 1. The third-order valence-electron chi connectivity index (χ3n) is 1.59. The standard InChI is InChI=1S/C8H5ClFN3O/c9-4-1-5(7(10)12-2-4)6-3-13-8(11)14-6/h1-3H,(H2,11,13). The molecular weight excluding hydrogens is 209 g/mol. The molecule has 0 saturated heterocycles. The highest BCUT2D eigenvalue weighted by Gasteiger charge is 2.11. The highest BCUT2D eigenvalue weighted by molar-refractivity contribution is 6.30. The third kappa shape index (κ3) is 1.54. The van der Waals surface area contributed by atoms with Gasteiger partial charge in [-0.1, -0.05) is 11.6 Å². The zero-order chi connectivity index (χ0) is 10.1. The van der Waals surface area contributed by atoms with Gasteiger partial charge in [-0.3, -0.25) is 0 Å². The monoisotopic (exact) mass is 213 g/mol. The van der Waals surface area contributed by atoms with Gasteiger partial charge in [0.15, 0.2) is 5.76 Å². The first-order valence-electron chi connectivity index (χ1n) is 3.69. The van der Waals surface area contributed by atoms with Gasteiger partial charge < -0.3 is 10.2 Å². The molecule has 0 radical (unpaired) electrons. The molecule has 2 rings (SSSR count). The molecule has 6 heteroatoms. The second-order valence-corrected chi connectivity index (χ2v) is 2.99. The molecule has 0 spiro atoms. The Balaban J connectivity index is 2.55. The van der Waals surface area contributed by atoms with Gasteiger partial charge in [-0.2, -0.15) is 4.39 Å². The first-order valence-corrected chi connectivity index (χ1v) is 4.07. The molecule has 2 aromatic heterocycles. The predicted molar refractivity (Wildman–Crippen MR) is 49.1 cm³/mol. The third-order valence-corrected chi connectivity index (χ3v) is 1.80. The van der Waals surface area contributed by atoms with E-state index in [-0.39, 0.29) is 17.3 Å².